The molecule has 2 aliphatic rings. The fourth-order valence-electron chi connectivity index (χ4n) is 4.26. The molecule has 1 aromatic carbocycles. The summed E-state index contributed by atoms with van der Waals surface area (Å²) in [5.74, 6) is 0.159. The molecule has 2 fully saturated rings. The molecule has 5 N–H and O–H groups in total. The van der Waals surface area contributed by atoms with Gasteiger partial charge in [0.15, 0.2) is 11.5 Å². The first-order chi connectivity index (χ1) is 15.4. The van der Waals surface area contributed by atoms with E-state index in [4.69, 9.17) is 16.2 Å². The maximum atomic E-state index is 12.0. The maximum Gasteiger partial charge on any atom is 0.271 e. The zero-order valence-corrected chi connectivity index (χ0v) is 18.2. The molecule has 0 radical (unpaired) electrons. The molecule has 10 nitrogen and oxygen atoms in total. The Morgan fingerprint density at radius 1 is 1.25 bits per heavy atom. The number of ether oxygens (including phenoxy) is 1. The molecule has 2 heterocycles. The van der Waals surface area contributed by atoms with Gasteiger partial charge in [-0.1, -0.05) is 12.8 Å². The predicted octanol–water partition coefficient (Wildman–Crippen LogP) is 1.39. The zero-order valence-electron chi connectivity index (χ0n) is 18.2. The third-order valence-corrected chi connectivity index (χ3v) is 6.06. The molecule has 10 heteroatoms. The van der Waals surface area contributed by atoms with E-state index in [0.29, 0.717) is 24.7 Å². The number of carbonyl (C=O) groups excluding carboxylic acids is 2. The quantitative estimate of drug-likeness (QED) is 0.613. The molecule has 2 amide bonds. The lowest BCUT2D eigenvalue weighted by molar-refractivity contribution is -0.125. The first-order valence-corrected chi connectivity index (χ1v) is 10.8. The van der Waals surface area contributed by atoms with Gasteiger partial charge in [-0.25, -0.2) is 9.97 Å². The van der Waals surface area contributed by atoms with Crippen molar-refractivity contribution in [3.8, 4) is 0 Å². The zero-order chi connectivity index (χ0) is 22.7. The molecule has 2 atom stereocenters. The van der Waals surface area contributed by atoms with Gasteiger partial charge in [-0.15, -0.1) is 0 Å². The number of nitrogens with one attached hydrogen (secondary N) is 1. The van der Waals surface area contributed by atoms with Crippen LogP contribution < -0.4 is 26.6 Å². The fourth-order valence-corrected chi connectivity index (χ4v) is 4.26. The van der Waals surface area contributed by atoms with Crippen molar-refractivity contribution in [2.24, 2.45) is 11.5 Å². The second-order valence-corrected chi connectivity index (χ2v) is 8.19. The van der Waals surface area contributed by atoms with E-state index in [2.05, 4.69) is 15.3 Å². The molecular formula is C22H29N7O3. The molecule has 32 heavy (non-hydrogen) atoms. The standard InChI is InChI=1S/C22H29N7O3/c1-28(17-5-3-2-4-16(17)23)18-12-25-20(21(24)31)22(27-18)26-14-6-8-15(9-7-14)29-10-11-32-13-19(29)30/h6-9,12,16-17H,2-5,10-11,13,23H2,1H3,(H2,24,31)(H,26,27)/t16-,17+/m0/s1. The van der Waals surface area contributed by atoms with Gasteiger partial charge in [-0.05, 0) is 37.1 Å². The SMILES string of the molecule is CN(c1cnc(C(N)=O)c(Nc2ccc(N3CCOCC3=O)cc2)n1)[C@@H]1CCCC[C@@H]1N. The molecular weight excluding hydrogens is 410 g/mol. The van der Waals surface area contributed by atoms with Crippen LogP contribution >= 0.6 is 0 Å². The smallest absolute Gasteiger partial charge is 0.271 e. The van der Waals surface area contributed by atoms with Crippen molar-refractivity contribution in [1.82, 2.24) is 9.97 Å². The van der Waals surface area contributed by atoms with Crippen LogP contribution in [0.4, 0.5) is 23.0 Å². The minimum absolute atomic E-state index is 0.0579. The number of aromatic nitrogens is 2. The summed E-state index contributed by atoms with van der Waals surface area (Å²) in [5.41, 5.74) is 13.4. The number of amides is 2. The van der Waals surface area contributed by atoms with Crippen LogP contribution in [0.25, 0.3) is 0 Å². The number of hydrogen-bond acceptors (Lipinski definition) is 8. The van der Waals surface area contributed by atoms with Gasteiger partial charge in [0, 0.05) is 37.1 Å². The Kier molecular flexibility index (Phi) is 6.52. The average Bonchev–Trinajstić information content (AvgIpc) is 2.80. The Balaban J connectivity index is 1.56. The van der Waals surface area contributed by atoms with E-state index in [1.54, 1.807) is 11.1 Å². The number of primary amides is 1. The number of morpholine rings is 1. The molecule has 1 aromatic heterocycles. The third kappa shape index (κ3) is 4.66. The van der Waals surface area contributed by atoms with Crippen LogP contribution in [0.15, 0.2) is 30.5 Å². The van der Waals surface area contributed by atoms with Crippen LogP contribution in [0.5, 0.6) is 0 Å². The van der Waals surface area contributed by atoms with E-state index in [-0.39, 0.29) is 36.1 Å². The molecule has 1 aliphatic carbocycles. The normalized spacial score (nSPS) is 21.3. The van der Waals surface area contributed by atoms with Crippen molar-refractivity contribution < 1.29 is 14.3 Å². The largest absolute Gasteiger partial charge is 0.370 e. The summed E-state index contributed by atoms with van der Waals surface area (Å²) >= 11 is 0. The number of benzene rings is 1. The van der Waals surface area contributed by atoms with Gasteiger partial charge in [0.05, 0.1) is 12.8 Å². The van der Waals surface area contributed by atoms with Gasteiger partial charge in [-0.3, -0.25) is 9.59 Å². The summed E-state index contributed by atoms with van der Waals surface area (Å²) < 4.78 is 5.18. The second kappa shape index (κ2) is 9.49. The number of carbonyl (C=O) groups is 2. The summed E-state index contributed by atoms with van der Waals surface area (Å²) in [6, 6.07) is 7.53. The highest BCUT2D eigenvalue weighted by Gasteiger charge is 2.27. The number of nitrogens with zero attached hydrogens (tertiary/aromatic N) is 4. The highest BCUT2D eigenvalue weighted by atomic mass is 16.5. The van der Waals surface area contributed by atoms with E-state index < -0.39 is 5.91 Å². The predicted molar refractivity (Wildman–Crippen MR) is 122 cm³/mol. The van der Waals surface area contributed by atoms with Gasteiger partial charge in [0.2, 0.25) is 0 Å². The Hall–Kier alpha value is -3.24. The molecule has 0 unspecified atom stereocenters. The lowest BCUT2D eigenvalue weighted by Gasteiger charge is -2.36. The van der Waals surface area contributed by atoms with Gasteiger partial charge in [0.25, 0.3) is 11.8 Å². The topological polar surface area (TPSA) is 140 Å². The molecule has 4 rings (SSSR count). The van der Waals surface area contributed by atoms with E-state index in [0.717, 1.165) is 31.4 Å². The van der Waals surface area contributed by atoms with E-state index >= 15 is 0 Å². The summed E-state index contributed by atoms with van der Waals surface area (Å²) in [6.07, 6.45) is 5.78. The van der Waals surface area contributed by atoms with Crippen LogP contribution in [0, 0.1) is 0 Å². The number of likely N-dealkylation sites (N-methyl/N-ethyl adjacent to an activating group) is 1. The van der Waals surface area contributed by atoms with Crippen molar-refractivity contribution >= 4 is 34.8 Å². The summed E-state index contributed by atoms with van der Waals surface area (Å²) in [7, 11) is 1.95. The summed E-state index contributed by atoms with van der Waals surface area (Å²) in [4.78, 5) is 36.6. The van der Waals surface area contributed by atoms with E-state index in [1.165, 1.54) is 0 Å². The molecule has 170 valence electrons. The van der Waals surface area contributed by atoms with Crippen LogP contribution in [0.3, 0.4) is 0 Å². The number of hydrogen-bond donors (Lipinski definition) is 3. The first-order valence-electron chi connectivity index (χ1n) is 10.8. The van der Waals surface area contributed by atoms with Crippen molar-refractivity contribution in [3.05, 3.63) is 36.2 Å². The minimum atomic E-state index is -0.667. The van der Waals surface area contributed by atoms with Crippen LogP contribution in [-0.4, -0.2) is 60.7 Å². The second-order valence-electron chi connectivity index (χ2n) is 8.19. The minimum Gasteiger partial charge on any atom is -0.370 e. The molecule has 0 spiro atoms. The van der Waals surface area contributed by atoms with Crippen molar-refractivity contribution in [1.29, 1.82) is 0 Å². The van der Waals surface area contributed by atoms with E-state index in [9.17, 15) is 9.59 Å². The Labute approximate surface area is 186 Å². The van der Waals surface area contributed by atoms with Crippen molar-refractivity contribution in [2.75, 3.05) is 41.9 Å². The van der Waals surface area contributed by atoms with Gasteiger partial charge >= 0.3 is 0 Å². The maximum absolute atomic E-state index is 12.0. The number of anilines is 4. The Bertz CT molecular complexity index is 982. The number of nitrogens with two attached hydrogens (primary N) is 2. The lowest BCUT2D eigenvalue weighted by atomic mass is 9.90. The molecule has 1 saturated carbocycles. The van der Waals surface area contributed by atoms with E-state index in [1.807, 2.05) is 36.2 Å². The van der Waals surface area contributed by atoms with Gasteiger partial charge in [-0.2, -0.15) is 0 Å². The number of rotatable bonds is 6. The van der Waals surface area contributed by atoms with Crippen molar-refractivity contribution in [3.63, 3.8) is 0 Å². The monoisotopic (exact) mass is 439 g/mol. The van der Waals surface area contributed by atoms with Gasteiger partial charge < -0.3 is 31.3 Å². The molecule has 1 saturated heterocycles. The third-order valence-electron chi connectivity index (χ3n) is 6.06. The average molecular weight is 440 g/mol. The van der Waals surface area contributed by atoms with Gasteiger partial charge in [0.1, 0.15) is 12.4 Å². The molecule has 1 aliphatic heterocycles. The fraction of sp³-hybridized carbons (Fsp3) is 0.455. The van der Waals surface area contributed by atoms with Crippen LogP contribution in [-0.2, 0) is 9.53 Å². The highest BCUT2D eigenvalue weighted by Crippen LogP contribution is 2.27. The highest BCUT2D eigenvalue weighted by molar-refractivity contribution is 5.97. The Morgan fingerprint density at radius 3 is 2.69 bits per heavy atom. The lowest BCUT2D eigenvalue weighted by Crippen LogP contribution is -2.48. The molecule has 2 aromatic rings. The summed E-state index contributed by atoms with van der Waals surface area (Å²) in [5, 5.41) is 3.14. The summed E-state index contributed by atoms with van der Waals surface area (Å²) in [6.45, 7) is 1.11. The Morgan fingerprint density at radius 2 is 2.00 bits per heavy atom. The van der Waals surface area contributed by atoms with Crippen LogP contribution in [0.2, 0.25) is 0 Å². The van der Waals surface area contributed by atoms with Crippen molar-refractivity contribution in [2.45, 2.75) is 37.8 Å². The molecule has 0 bridgehead atoms. The first kappa shape index (κ1) is 22.0. The van der Waals surface area contributed by atoms with Crippen LogP contribution in [0.1, 0.15) is 36.2 Å².